The van der Waals surface area contributed by atoms with Crippen molar-refractivity contribution in [2.45, 2.75) is 12.8 Å². The Bertz CT molecular complexity index is 1650. The highest BCUT2D eigenvalue weighted by Crippen LogP contribution is 2.36. The number of fused-ring (bicyclic) bond motifs is 1. The largest absolute Gasteiger partial charge is 0.494 e. The Morgan fingerprint density at radius 1 is 1.13 bits per heavy atom. The van der Waals surface area contributed by atoms with Crippen LogP contribution in [0.2, 0.25) is 0 Å². The Morgan fingerprint density at radius 3 is 2.54 bits per heavy atom. The van der Waals surface area contributed by atoms with Gasteiger partial charge in [0.05, 0.1) is 47.6 Å². The number of H-pyrrole nitrogens is 1. The first-order valence-electron chi connectivity index (χ1n) is 12.2. The zero-order chi connectivity index (χ0) is 27.5. The van der Waals surface area contributed by atoms with Crippen molar-refractivity contribution >= 4 is 45.4 Å². The number of amides is 2. The van der Waals surface area contributed by atoms with Crippen molar-refractivity contribution in [1.29, 1.82) is 5.26 Å². The van der Waals surface area contributed by atoms with Crippen LogP contribution >= 0.6 is 11.3 Å². The van der Waals surface area contributed by atoms with Crippen molar-refractivity contribution in [3.63, 3.8) is 0 Å². The van der Waals surface area contributed by atoms with Gasteiger partial charge in [0, 0.05) is 26.3 Å². The van der Waals surface area contributed by atoms with E-state index in [0.717, 1.165) is 22.5 Å². The van der Waals surface area contributed by atoms with Gasteiger partial charge in [-0.2, -0.15) is 5.26 Å². The molecule has 2 amide bonds. The zero-order valence-corrected chi connectivity index (χ0v) is 22.1. The number of thiazole rings is 1. The van der Waals surface area contributed by atoms with E-state index in [2.05, 4.69) is 26.3 Å². The Kier molecular flexibility index (Phi) is 7.21. The number of nitrogens with zero attached hydrogens (tertiary/aromatic N) is 4. The van der Waals surface area contributed by atoms with E-state index in [-0.39, 0.29) is 11.5 Å². The van der Waals surface area contributed by atoms with Crippen LogP contribution in [0.4, 0.5) is 0 Å². The van der Waals surface area contributed by atoms with Crippen molar-refractivity contribution in [1.82, 2.24) is 25.2 Å². The molecule has 4 aromatic rings. The lowest BCUT2D eigenvalue weighted by molar-refractivity contribution is -0.126. The molecule has 10 nitrogen and oxygen atoms in total. The Hall–Kier alpha value is -4.82. The third-order valence-corrected chi connectivity index (χ3v) is 7.68. The minimum atomic E-state index is -0.669. The number of carbonyl (C=O) groups excluding carboxylic acids is 3. The van der Waals surface area contributed by atoms with Gasteiger partial charge >= 0.3 is 0 Å². The van der Waals surface area contributed by atoms with E-state index in [0.29, 0.717) is 63.7 Å². The summed E-state index contributed by atoms with van der Waals surface area (Å²) in [6.07, 6.45) is 5.44. The molecule has 0 radical (unpaired) electrons. The molecule has 0 aliphatic carbocycles. The van der Waals surface area contributed by atoms with E-state index in [1.165, 1.54) is 37.6 Å². The normalized spacial score (nSPS) is 13.2. The number of methoxy groups -OCH3 is 1. The standard InChI is InChI=1S/C28H24N6O4S/c1-30-26(36)21-15-33-27(39-21)24-23-22(20(38-2)14-32-24)19(13-31-23)25(35)28(37)34-10-8-17(9-11-34)18(12-29)16-6-4-3-5-7-16/h3-7,13-15,31H,8-11H2,1-2H3,(H,30,36). The van der Waals surface area contributed by atoms with E-state index >= 15 is 0 Å². The fourth-order valence-corrected chi connectivity index (χ4v) is 5.53. The third-order valence-electron chi connectivity index (χ3n) is 6.67. The van der Waals surface area contributed by atoms with Crippen LogP contribution in [-0.4, -0.2) is 64.7 Å². The number of hydrogen-bond donors (Lipinski definition) is 2. The molecular weight excluding hydrogens is 516 g/mol. The maximum absolute atomic E-state index is 13.4. The number of piperidine rings is 1. The molecule has 4 heterocycles. The number of aromatic nitrogens is 3. The molecule has 39 heavy (non-hydrogen) atoms. The van der Waals surface area contributed by atoms with Crippen molar-refractivity contribution in [2.75, 3.05) is 27.2 Å². The molecule has 5 rings (SSSR count). The van der Waals surface area contributed by atoms with Crippen molar-refractivity contribution in [2.24, 2.45) is 0 Å². The predicted molar refractivity (Wildman–Crippen MR) is 146 cm³/mol. The first-order valence-corrected chi connectivity index (χ1v) is 13.0. The Balaban J connectivity index is 1.41. The minimum Gasteiger partial charge on any atom is -0.494 e. The number of rotatable bonds is 6. The molecular formula is C28H24N6O4S. The molecule has 3 aromatic heterocycles. The molecule has 1 aliphatic rings. The average Bonchev–Trinajstić information content (AvgIpc) is 3.65. The predicted octanol–water partition coefficient (Wildman–Crippen LogP) is 3.84. The molecule has 0 bridgehead atoms. The molecule has 0 spiro atoms. The summed E-state index contributed by atoms with van der Waals surface area (Å²) in [4.78, 5) is 52.5. The maximum Gasteiger partial charge on any atom is 0.295 e. The van der Waals surface area contributed by atoms with Crippen molar-refractivity contribution in [3.8, 4) is 22.5 Å². The van der Waals surface area contributed by atoms with E-state index in [4.69, 9.17) is 4.74 Å². The number of nitriles is 1. The van der Waals surface area contributed by atoms with Gasteiger partial charge in [0.1, 0.15) is 21.3 Å². The summed E-state index contributed by atoms with van der Waals surface area (Å²) >= 11 is 1.16. The summed E-state index contributed by atoms with van der Waals surface area (Å²) in [6.45, 7) is 0.678. The van der Waals surface area contributed by atoms with E-state index in [1.54, 1.807) is 0 Å². The van der Waals surface area contributed by atoms with Gasteiger partial charge in [0.25, 0.3) is 17.6 Å². The maximum atomic E-state index is 13.4. The summed E-state index contributed by atoms with van der Waals surface area (Å²) in [5.74, 6) is -1.22. The minimum absolute atomic E-state index is 0.168. The van der Waals surface area contributed by atoms with Gasteiger partial charge in [-0.15, -0.1) is 11.3 Å². The number of benzene rings is 1. The second-order valence-corrected chi connectivity index (χ2v) is 9.84. The van der Waals surface area contributed by atoms with Gasteiger partial charge < -0.3 is 19.9 Å². The second-order valence-electron chi connectivity index (χ2n) is 8.81. The highest BCUT2D eigenvalue weighted by molar-refractivity contribution is 7.17. The summed E-state index contributed by atoms with van der Waals surface area (Å²) in [6, 6.07) is 11.8. The molecule has 2 N–H and O–H groups in total. The molecule has 11 heteroatoms. The molecule has 1 aliphatic heterocycles. The Labute approximate surface area is 228 Å². The first kappa shape index (κ1) is 25.8. The molecule has 1 saturated heterocycles. The van der Waals surface area contributed by atoms with Gasteiger partial charge in [-0.3, -0.25) is 14.4 Å². The van der Waals surface area contributed by atoms with Crippen molar-refractivity contribution < 1.29 is 19.1 Å². The number of aromatic amines is 1. The lowest BCUT2D eigenvalue weighted by Crippen LogP contribution is -2.40. The number of ketones is 1. The van der Waals surface area contributed by atoms with Crippen molar-refractivity contribution in [3.05, 3.63) is 70.5 Å². The quantitative estimate of drug-likeness (QED) is 0.215. The summed E-state index contributed by atoms with van der Waals surface area (Å²) in [5.41, 5.74) is 3.54. The van der Waals surface area contributed by atoms with E-state index in [1.807, 2.05) is 30.3 Å². The van der Waals surface area contributed by atoms with Crippen LogP contribution in [0.1, 0.15) is 38.4 Å². The number of hydrogen-bond acceptors (Lipinski definition) is 8. The average molecular weight is 541 g/mol. The SMILES string of the molecule is CNC(=O)c1cnc(-c2ncc(OC)c3c(C(=O)C(=O)N4CCC(=C(C#N)c5ccccc5)CC4)c[nH]c23)s1. The monoisotopic (exact) mass is 540 g/mol. The molecule has 196 valence electrons. The van der Waals surface area contributed by atoms with Gasteiger partial charge in [-0.05, 0) is 24.0 Å². The number of nitrogens with one attached hydrogen (secondary N) is 2. The van der Waals surface area contributed by atoms with Gasteiger partial charge in [0.2, 0.25) is 0 Å². The molecule has 0 unspecified atom stereocenters. The lowest BCUT2D eigenvalue weighted by atomic mass is 9.93. The number of carbonyl (C=O) groups is 3. The number of allylic oxidation sites excluding steroid dienone is 1. The van der Waals surface area contributed by atoms with Crippen LogP contribution in [0.3, 0.4) is 0 Å². The second kappa shape index (κ2) is 10.9. The molecule has 0 atom stereocenters. The molecule has 1 aromatic carbocycles. The van der Waals surface area contributed by atoms with Crippen LogP contribution in [0.25, 0.3) is 27.2 Å². The smallest absolute Gasteiger partial charge is 0.295 e. The van der Waals surface area contributed by atoms with Crippen LogP contribution in [0.15, 0.2) is 54.5 Å². The van der Waals surface area contributed by atoms with Crippen LogP contribution < -0.4 is 10.1 Å². The van der Waals surface area contributed by atoms with Crippen LogP contribution in [0, 0.1) is 11.3 Å². The van der Waals surface area contributed by atoms with Gasteiger partial charge in [-0.25, -0.2) is 9.97 Å². The molecule has 1 fully saturated rings. The third kappa shape index (κ3) is 4.78. The summed E-state index contributed by atoms with van der Waals surface area (Å²) in [7, 11) is 3.00. The number of Topliss-reactive ketones (excluding diaryl/α,β-unsaturated/α-hetero) is 1. The highest BCUT2D eigenvalue weighted by Gasteiger charge is 2.30. The van der Waals surface area contributed by atoms with E-state index in [9.17, 15) is 19.6 Å². The number of likely N-dealkylation sites (tertiary alicyclic amines) is 1. The fourth-order valence-electron chi connectivity index (χ4n) is 4.67. The van der Waals surface area contributed by atoms with E-state index < -0.39 is 11.7 Å². The topological polar surface area (TPSA) is 141 Å². The first-order chi connectivity index (χ1) is 19.0. The highest BCUT2D eigenvalue weighted by atomic mass is 32.1. The zero-order valence-electron chi connectivity index (χ0n) is 21.3. The van der Waals surface area contributed by atoms with Crippen LogP contribution in [-0.2, 0) is 4.79 Å². The summed E-state index contributed by atoms with van der Waals surface area (Å²) < 4.78 is 5.47. The summed E-state index contributed by atoms with van der Waals surface area (Å²) in [5, 5.41) is 13.2. The van der Waals surface area contributed by atoms with Gasteiger partial charge in [-0.1, -0.05) is 30.3 Å². The Morgan fingerprint density at radius 2 is 1.87 bits per heavy atom. The lowest BCUT2D eigenvalue weighted by Gasteiger charge is -2.28. The van der Waals surface area contributed by atoms with Gasteiger partial charge in [0.15, 0.2) is 0 Å². The number of ether oxygens (including phenoxy) is 1. The van der Waals surface area contributed by atoms with Crippen LogP contribution in [0.5, 0.6) is 5.75 Å². The fraction of sp³-hybridized carbons (Fsp3) is 0.214. The molecule has 0 saturated carbocycles. The number of pyridine rings is 1.